The summed E-state index contributed by atoms with van der Waals surface area (Å²) in [6, 6.07) is 5.86. The van der Waals surface area contributed by atoms with Crippen LogP contribution < -0.4 is 5.32 Å². The first-order valence-corrected chi connectivity index (χ1v) is 7.39. The number of hydrogen-bond donors (Lipinski definition) is 1. The third-order valence-corrected chi connectivity index (χ3v) is 4.35. The molecule has 1 fully saturated rings. The van der Waals surface area contributed by atoms with Crippen molar-refractivity contribution in [2.24, 2.45) is 0 Å². The highest BCUT2D eigenvalue weighted by atomic mass is 79.9. The molecule has 1 aliphatic rings. The molecular weight excluding hydrogens is 295 g/mol. The van der Waals surface area contributed by atoms with Crippen LogP contribution in [0.1, 0.15) is 25.3 Å². The van der Waals surface area contributed by atoms with Gasteiger partial charge in [0.2, 0.25) is 0 Å². The molecular formula is C14H20BrFN2. The monoisotopic (exact) mass is 314 g/mol. The summed E-state index contributed by atoms with van der Waals surface area (Å²) in [6.07, 6.45) is 2.32. The largest absolute Gasteiger partial charge is 0.315 e. The number of hydrogen-bond acceptors (Lipinski definition) is 2. The molecule has 2 rings (SSSR count). The van der Waals surface area contributed by atoms with Crippen LogP contribution >= 0.6 is 15.9 Å². The van der Waals surface area contributed by atoms with Crippen LogP contribution in [0.25, 0.3) is 0 Å². The minimum atomic E-state index is -0.173. The van der Waals surface area contributed by atoms with Crippen molar-refractivity contribution < 1.29 is 4.39 Å². The van der Waals surface area contributed by atoms with E-state index in [-0.39, 0.29) is 5.82 Å². The highest BCUT2D eigenvalue weighted by molar-refractivity contribution is 9.10. The van der Waals surface area contributed by atoms with Crippen molar-refractivity contribution in [1.29, 1.82) is 0 Å². The van der Waals surface area contributed by atoms with Crippen LogP contribution in [0.4, 0.5) is 4.39 Å². The van der Waals surface area contributed by atoms with Gasteiger partial charge in [0.15, 0.2) is 0 Å². The van der Waals surface area contributed by atoms with Crippen molar-refractivity contribution in [2.75, 3.05) is 19.6 Å². The van der Waals surface area contributed by atoms with Crippen molar-refractivity contribution in [3.8, 4) is 0 Å². The highest BCUT2D eigenvalue weighted by Crippen LogP contribution is 2.23. The lowest BCUT2D eigenvalue weighted by atomic mass is 10.1. The Kier molecular flexibility index (Phi) is 5.15. The summed E-state index contributed by atoms with van der Waals surface area (Å²) < 4.78 is 14.1. The Hall–Kier alpha value is -0.450. The molecule has 0 aromatic heterocycles. The minimum Gasteiger partial charge on any atom is -0.315 e. The van der Waals surface area contributed by atoms with E-state index in [9.17, 15) is 4.39 Å². The van der Waals surface area contributed by atoms with Gasteiger partial charge in [0.25, 0.3) is 0 Å². The summed E-state index contributed by atoms with van der Waals surface area (Å²) in [7, 11) is 0. The van der Waals surface area contributed by atoms with Crippen molar-refractivity contribution in [2.45, 2.75) is 32.4 Å². The lowest BCUT2D eigenvalue weighted by Gasteiger charge is -2.28. The Labute approximate surface area is 117 Å². The minimum absolute atomic E-state index is 0.173. The predicted molar refractivity (Wildman–Crippen MR) is 76.1 cm³/mol. The molecule has 0 aliphatic carbocycles. The first-order chi connectivity index (χ1) is 8.72. The summed E-state index contributed by atoms with van der Waals surface area (Å²) in [5.74, 6) is -0.173. The van der Waals surface area contributed by atoms with Crippen LogP contribution in [0.5, 0.6) is 0 Å². The molecule has 1 N–H and O–H groups in total. The molecule has 0 spiro atoms. The van der Waals surface area contributed by atoms with E-state index in [1.807, 2.05) is 6.07 Å². The third kappa shape index (κ3) is 3.31. The van der Waals surface area contributed by atoms with E-state index in [2.05, 4.69) is 33.1 Å². The molecule has 0 saturated carbocycles. The van der Waals surface area contributed by atoms with Gasteiger partial charge in [0, 0.05) is 19.1 Å². The molecule has 1 aromatic rings. The highest BCUT2D eigenvalue weighted by Gasteiger charge is 2.22. The lowest BCUT2D eigenvalue weighted by molar-refractivity contribution is 0.199. The molecule has 1 unspecified atom stereocenters. The number of nitrogens with one attached hydrogen (secondary N) is 1. The lowest BCUT2D eigenvalue weighted by Crippen LogP contribution is -2.37. The van der Waals surface area contributed by atoms with Gasteiger partial charge in [-0.05, 0) is 53.5 Å². The average molecular weight is 315 g/mol. The third-order valence-electron chi connectivity index (χ3n) is 3.47. The first kappa shape index (κ1) is 14.0. The summed E-state index contributed by atoms with van der Waals surface area (Å²) in [5.41, 5.74) is 1.04. The van der Waals surface area contributed by atoms with Gasteiger partial charge in [0.05, 0.1) is 4.47 Å². The number of nitrogens with zero attached hydrogens (tertiary/aromatic N) is 1. The average Bonchev–Trinajstić information content (AvgIpc) is 2.88. The van der Waals surface area contributed by atoms with Gasteiger partial charge in [-0.1, -0.05) is 19.1 Å². The van der Waals surface area contributed by atoms with Crippen LogP contribution in [0.15, 0.2) is 22.7 Å². The van der Waals surface area contributed by atoms with Crippen LogP contribution in [0, 0.1) is 5.82 Å². The molecule has 1 saturated heterocycles. The smallest absolute Gasteiger partial charge is 0.137 e. The van der Waals surface area contributed by atoms with Gasteiger partial charge in [-0.15, -0.1) is 0 Å². The van der Waals surface area contributed by atoms with Crippen molar-refractivity contribution in [3.05, 3.63) is 34.1 Å². The number of halogens is 2. The molecule has 1 atom stereocenters. The molecule has 18 heavy (non-hydrogen) atoms. The van der Waals surface area contributed by atoms with Crippen molar-refractivity contribution in [1.82, 2.24) is 10.2 Å². The van der Waals surface area contributed by atoms with E-state index in [0.717, 1.165) is 38.2 Å². The summed E-state index contributed by atoms with van der Waals surface area (Å²) >= 11 is 3.35. The van der Waals surface area contributed by atoms with Crippen LogP contribution in [-0.4, -0.2) is 30.6 Å². The maximum Gasteiger partial charge on any atom is 0.137 e. The topological polar surface area (TPSA) is 15.3 Å². The molecule has 4 heteroatoms. The van der Waals surface area contributed by atoms with Crippen LogP contribution in [-0.2, 0) is 6.54 Å². The van der Waals surface area contributed by atoms with E-state index in [4.69, 9.17) is 0 Å². The molecule has 0 amide bonds. The fraction of sp³-hybridized carbons (Fsp3) is 0.571. The second-order valence-electron chi connectivity index (χ2n) is 4.83. The quantitative estimate of drug-likeness (QED) is 0.898. The van der Waals surface area contributed by atoms with E-state index < -0.39 is 0 Å². The second-order valence-corrected chi connectivity index (χ2v) is 5.62. The number of rotatable bonds is 5. The SMILES string of the molecule is CCCN(Cc1cccc(F)c1Br)C1CCNC1. The van der Waals surface area contributed by atoms with Gasteiger partial charge >= 0.3 is 0 Å². The summed E-state index contributed by atoms with van der Waals surface area (Å²) in [6.45, 7) is 6.21. The van der Waals surface area contributed by atoms with Gasteiger partial charge in [-0.3, -0.25) is 4.90 Å². The molecule has 1 aromatic carbocycles. The van der Waals surface area contributed by atoms with Gasteiger partial charge in [-0.25, -0.2) is 4.39 Å². The normalized spacial score (nSPS) is 19.7. The van der Waals surface area contributed by atoms with Crippen LogP contribution in [0.3, 0.4) is 0 Å². The van der Waals surface area contributed by atoms with Gasteiger partial charge in [-0.2, -0.15) is 0 Å². The molecule has 0 bridgehead atoms. The second kappa shape index (κ2) is 6.64. The van der Waals surface area contributed by atoms with Crippen molar-refractivity contribution >= 4 is 15.9 Å². The van der Waals surface area contributed by atoms with Gasteiger partial charge in [0.1, 0.15) is 5.82 Å². The zero-order valence-electron chi connectivity index (χ0n) is 10.8. The first-order valence-electron chi connectivity index (χ1n) is 6.60. The summed E-state index contributed by atoms with van der Waals surface area (Å²) in [4.78, 5) is 2.46. The molecule has 0 radical (unpaired) electrons. The molecule has 100 valence electrons. The molecule has 1 heterocycles. The Morgan fingerprint density at radius 1 is 1.50 bits per heavy atom. The fourth-order valence-corrected chi connectivity index (χ4v) is 2.91. The van der Waals surface area contributed by atoms with E-state index in [0.29, 0.717) is 10.5 Å². The predicted octanol–water partition coefficient (Wildman–Crippen LogP) is 3.16. The molecule has 2 nitrogen and oxygen atoms in total. The Balaban J connectivity index is 2.10. The van der Waals surface area contributed by atoms with Crippen LogP contribution in [0.2, 0.25) is 0 Å². The Morgan fingerprint density at radius 2 is 2.33 bits per heavy atom. The zero-order valence-corrected chi connectivity index (χ0v) is 12.3. The Bertz CT molecular complexity index is 391. The molecule has 1 aliphatic heterocycles. The zero-order chi connectivity index (χ0) is 13.0. The maximum absolute atomic E-state index is 13.5. The number of benzene rings is 1. The van der Waals surface area contributed by atoms with Crippen molar-refractivity contribution in [3.63, 3.8) is 0 Å². The maximum atomic E-state index is 13.5. The van der Waals surface area contributed by atoms with Gasteiger partial charge < -0.3 is 5.32 Å². The van der Waals surface area contributed by atoms with E-state index >= 15 is 0 Å². The standard InChI is InChI=1S/C14H20BrFN2/c1-2-8-18(12-6-7-17-9-12)10-11-4-3-5-13(16)14(11)15/h3-5,12,17H,2,6-10H2,1H3. The fourth-order valence-electron chi connectivity index (χ4n) is 2.52. The summed E-state index contributed by atoms with van der Waals surface area (Å²) in [5, 5.41) is 3.40. The van der Waals surface area contributed by atoms with E-state index in [1.54, 1.807) is 6.07 Å². The Morgan fingerprint density at radius 3 is 3.00 bits per heavy atom. The van der Waals surface area contributed by atoms with E-state index in [1.165, 1.54) is 12.5 Å².